The molecule has 1 N–H and O–H groups in total. The van der Waals surface area contributed by atoms with Crippen molar-refractivity contribution in [1.82, 2.24) is 4.90 Å². The van der Waals surface area contributed by atoms with Gasteiger partial charge < -0.3 is 14.4 Å². The van der Waals surface area contributed by atoms with Crippen LogP contribution in [0.2, 0.25) is 0 Å². The van der Waals surface area contributed by atoms with Crippen molar-refractivity contribution in [3.63, 3.8) is 0 Å². The molecule has 0 aliphatic carbocycles. The minimum absolute atomic E-state index is 0.0440. The Hall–Kier alpha value is -1.32. The lowest BCUT2D eigenvalue weighted by Gasteiger charge is -2.08. The lowest BCUT2D eigenvalue weighted by Crippen LogP contribution is -2.10. The Morgan fingerprint density at radius 1 is 1.27 bits per heavy atom. The van der Waals surface area contributed by atoms with Gasteiger partial charge in [0.1, 0.15) is 18.0 Å². The molecule has 15 heavy (non-hydrogen) atoms. The molecule has 80 valence electrons. The van der Waals surface area contributed by atoms with E-state index in [0.717, 1.165) is 17.5 Å². The summed E-state index contributed by atoms with van der Waals surface area (Å²) in [5.41, 5.74) is 2.06. The first-order valence-electron chi connectivity index (χ1n) is 4.96. The molecule has 0 atom stereocenters. The Balaban J connectivity index is 2.37. The zero-order valence-electron chi connectivity index (χ0n) is 9.03. The Morgan fingerprint density at radius 3 is 2.73 bits per heavy atom. The first-order valence-corrected chi connectivity index (χ1v) is 4.96. The van der Waals surface area contributed by atoms with Crippen molar-refractivity contribution < 1.29 is 9.52 Å². The van der Waals surface area contributed by atoms with Gasteiger partial charge in [0.25, 0.3) is 0 Å². The van der Waals surface area contributed by atoms with Gasteiger partial charge in [0, 0.05) is 11.9 Å². The normalized spacial score (nSPS) is 11.5. The lowest BCUT2D eigenvalue weighted by atomic mass is 10.1. The van der Waals surface area contributed by atoms with E-state index in [4.69, 9.17) is 9.52 Å². The number of fused-ring (bicyclic) bond motifs is 1. The fourth-order valence-corrected chi connectivity index (χ4v) is 1.67. The molecule has 0 amide bonds. The smallest absolute Gasteiger partial charge is 0.134 e. The van der Waals surface area contributed by atoms with Crippen LogP contribution in [0.25, 0.3) is 11.0 Å². The van der Waals surface area contributed by atoms with Crippen LogP contribution in [0, 0.1) is 0 Å². The highest BCUT2D eigenvalue weighted by atomic mass is 16.4. The molecule has 0 spiro atoms. The van der Waals surface area contributed by atoms with Gasteiger partial charge in [-0.3, -0.25) is 0 Å². The molecule has 0 aliphatic heterocycles. The maximum atomic E-state index is 8.95. The summed E-state index contributed by atoms with van der Waals surface area (Å²) in [5, 5.41) is 9.99. The zero-order valence-corrected chi connectivity index (χ0v) is 9.03. The van der Waals surface area contributed by atoms with Crippen molar-refractivity contribution in [2.45, 2.75) is 13.2 Å². The van der Waals surface area contributed by atoms with Crippen molar-refractivity contribution in [2.75, 3.05) is 14.1 Å². The van der Waals surface area contributed by atoms with Gasteiger partial charge in [-0.2, -0.15) is 0 Å². The number of nitrogens with zero attached hydrogens (tertiary/aromatic N) is 1. The highest BCUT2D eigenvalue weighted by Crippen LogP contribution is 2.21. The molecule has 3 heteroatoms. The summed E-state index contributed by atoms with van der Waals surface area (Å²) in [4.78, 5) is 2.11. The van der Waals surface area contributed by atoms with E-state index >= 15 is 0 Å². The van der Waals surface area contributed by atoms with Crippen molar-refractivity contribution >= 4 is 11.0 Å². The summed E-state index contributed by atoms with van der Waals surface area (Å²) in [6.45, 7) is 0.850. The Bertz CT molecular complexity index is 460. The second-order valence-electron chi connectivity index (χ2n) is 3.98. The molecule has 1 aromatic heterocycles. The lowest BCUT2D eigenvalue weighted by molar-refractivity contribution is 0.251. The Labute approximate surface area is 88.9 Å². The molecule has 0 fully saturated rings. The number of hydrogen-bond acceptors (Lipinski definition) is 3. The summed E-state index contributed by atoms with van der Waals surface area (Å²) in [5.74, 6) is 0.618. The minimum atomic E-state index is -0.0440. The van der Waals surface area contributed by atoms with E-state index in [0.29, 0.717) is 5.76 Å². The Kier molecular flexibility index (Phi) is 2.75. The van der Waals surface area contributed by atoms with E-state index in [1.807, 2.05) is 32.3 Å². The van der Waals surface area contributed by atoms with Gasteiger partial charge in [-0.1, -0.05) is 12.1 Å². The third-order valence-corrected chi connectivity index (χ3v) is 2.29. The third kappa shape index (κ3) is 2.19. The molecule has 0 aliphatic rings. The van der Waals surface area contributed by atoms with Crippen LogP contribution in [0.5, 0.6) is 0 Å². The summed E-state index contributed by atoms with van der Waals surface area (Å²) in [6, 6.07) is 8.00. The van der Waals surface area contributed by atoms with E-state index in [1.54, 1.807) is 0 Å². The van der Waals surface area contributed by atoms with Crippen molar-refractivity contribution in [3.8, 4) is 0 Å². The van der Waals surface area contributed by atoms with Gasteiger partial charge in [-0.15, -0.1) is 0 Å². The van der Waals surface area contributed by atoms with Crippen LogP contribution in [0.4, 0.5) is 0 Å². The number of aliphatic hydroxyl groups is 1. The predicted molar refractivity (Wildman–Crippen MR) is 59.5 cm³/mol. The fraction of sp³-hybridized carbons (Fsp3) is 0.333. The van der Waals surface area contributed by atoms with Crippen LogP contribution in [-0.2, 0) is 13.2 Å². The van der Waals surface area contributed by atoms with Crippen LogP contribution in [-0.4, -0.2) is 24.1 Å². The quantitative estimate of drug-likeness (QED) is 0.832. The van der Waals surface area contributed by atoms with Gasteiger partial charge in [-0.05, 0) is 31.8 Å². The van der Waals surface area contributed by atoms with Crippen molar-refractivity contribution in [1.29, 1.82) is 0 Å². The molecule has 0 saturated carbocycles. The SMILES string of the molecule is CN(C)Cc1ccc2cc(CO)oc2c1. The standard InChI is InChI=1S/C12H15NO2/c1-13(2)7-9-3-4-10-6-11(8-14)15-12(10)5-9/h3-6,14H,7-8H2,1-2H3. The molecule has 0 unspecified atom stereocenters. The molecular formula is C12H15NO2. The maximum Gasteiger partial charge on any atom is 0.134 e. The fourth-order valence-electron chi connectivity index (χ4n) is 1.67. The molecule has 1 aromatic carbocycles. The number of aliphatic hydroxyl groups excluding tert-OH is 1. The number of benzene rings is 1. The zero-order chi connectivity index (χ0) is 10.8. The first kappa shape index (κ1) is 10.2. The van der Waals surface area contributed by atoms with Gasteiger partial charge >= 0.3 is 0 Å². The molecular weight excluding hydrogens is 190 g/mol. The molecule has 1 heterocycles. The molecule has 2 aromatic rings. The largest absolute Gasteiger partial charge is 0.459 e. The second kappa shape index (κ2) is 4.04. The number of furan rings is 1. The monoisotopic (exact) mass is 205 g/mol. The maximum absolute atomic E-state index is 8.95. The van der Waals surface area contributed by atoms with E-state index in [9.17, 15) is 0 Å². The number of hydrogen-bond donors (Lipinski definition) is 1. The van der Waals surface area contributed by atoms with Crippen molar-refractivity contribution in [2.24, 2.45) is 0 Å². The van der Waals surface area contributed by atoms with E-state index in [2.05, 4.69) is 11.0 Å². The summed E-state index contributed by atoms with van der Waals surface area (Å²) >= 11 is 0. The summed E-state index contributed by atoms with van der Waals surface area (Å²) < 4.78 is 5.47. The van der Waals surface area contributed by atoms with E-state index < -0.39 is 0 Å². The first-order chi connectivity index (χ1) is 7.19. The van der Waals surface area contributed by atoms with E-state index in [1.165, 1.54) is 5.56 Å². The van der Waals surface area contributed by atoms with Crippen LogP contribution >= 0.6 is 0 Å². The average Bonchev–Trinajstić information content (AvgIpc) is 2.58. The molecule has 2 rings (SSSR count). The van der Waals surface area contributed by atoms with Gasteiger partial charge in [0.05, 0.1) is 0 Å². The van der Waals surface area contributed by atoms with Crippen LogP contribution in [0.15, 0.2) is 28.7 Å². The van der Waals surface area contributed by atoms with Gasteiger partial charge in [-0.25, -0.2) is 0 Å². The van der Waals surface area contributed by atoms with Crippen LogP contribution < -0.4 is 0 Å². The highest BCUT2D eigenvalue weighted by Gasteiger charge is 2.04. The molecule has 3 nitrogen and oxygen atoms in total. The second-order valence-corrected chi connectivity index (χ2v) is 3.98. The molecule has 0 radical (unpaired) electrons. The predicted octanol–water partition coefficient (Wildman–Crippen LogP) is 1.99. The minimum Gasteiger partial charge on any atom is -0.459 e. The van der Waals surface area contributed by atoms with E-state index in [-0.39, 0.29) is 6.61 Å². The topological polar surface area (TPSA) is 36.6 Å². The molecule has 0 bridgehead atoms. The Morgan fingerprint density at radius 2 is 2.07 bits per heavy atom. The summed E-state index contributed by atoms with van der Waals surface area (Å²) in [7, 11) is 4.07. The number of rotatable bonds is 3. The van der Waals surface area contributed by atoms with Crippen molar-refractivity contribution in [3.05, 3.63) is 35.6 Å². The third-order valence-electron chi connectivity index (χ3n) is 2.29. The highest BCUT2D eigenvalue weighted by molar-refractivity contribution is 5.78. The molecule has 0 saturated heterocycles. The van der Waals surface area contributed by atoms with Gasteiger partial charge in [0.2, 0.25) is 0 Å². The van der Waals surface area contributed by atoms with Crippen LogP contribution in [0.1, 0.15) is 11.3 Å². The average molecular weight is 205 g/mol. The van der Waals surface area contributed by atoms with Gasteiger partial charge in [0.15, 0.2) is 0 Å². The van der Waals surface area contributed by atoms with Crippen LogP contribution in [0.3, 0.4) is 0 Å². The summed E-state index contributed by atoms with van der Waals surface area (Å²) in [6.07, 6.45) is 0.